The Morgan fingerprint density at radius 3 is 2.71 bits per heavy atom. The molecule has 28 heavy (non-hydrogen) atoms. The van der Waals surface area contributed by atoms with Crippen LogP contribution < -0.4 is 5.32 Å². The Morgan fingerprint density at radius 1 is 0.929 bits per heavy atom. The molecule has 0 saturated heterocycles. The first-order valence-electron chi connectivity index (χ1n) is 8.69. The Kier molecular flexibility index (Phi) is 4.76. The Balaban J connectivity index is 1.57. The van der Waals surface area contributed by atoms with Crippen molar-refractivity contribution >= 4 is 40.2 Å². The highest BCUT2D eigenvalue weighted by Crippen LogP contribution is 2.25. The number of pyridine rings is 2. The van der Waals surface area contributed by atoms with Crippen molar-refractivity contribution < 1.29 is 4.92 Å². The fourth-order valence-corrected chi connectivity index (χ4v) is 2.85. The van der Waals surface area contributed by atoms with Crippen LogP contribution in [-0.2, 0) is 0 Å². The summed E-state index contributed by atoms with van der Waals surface area (Å²) < 4.78 is 0. The van der Waals surface area contributed by atoms with Gasteiger partial charge in [-0.3, -0.25) is 10.1 Å². The zero-order valence-electron chi connectivity index (χ0n) is 14.8. The van der Waals surface area contributed by atoms with Crippen molar-refractivity contribution in [1.82, 2.24) is 9.97 Å². The number of nitro groups is 1. The van der Waals surface area contributed by atoms with Gasteiger partial charge in [0.15, 0.2) is 0 Å². The zero-order valence-corrected chi connectivity index (χ0v) is 14.8. The van der Waals surface area contributed by atoms with E-state index in [1.165, 1.54) is 12.3 Å². The lowest BCUT2D eigenvalue weighted by molar-refractivity contribution is -0.384. The summed E-state index contributed by atoms with van der Waals surface area (Å²) in [5, 5.41) is 15.3. The molecule has 0 amide bonds. The summed E-state index contributed by atoms with van der Waals surface area (Å²) in [6.45, 7) is 0. The molecule has 0 aliphatic carbocycles. The highest BCUT2D eigenvalue weighted by atomic mass is 16.6. The molecule has 0 saturated carbocycles. The van der Waals surface area contributed by atoms with Gasteiger partial charge in [-0.05, 0) is 42.0 Å². The van der Waals surface area contributed by atoms with E-state index in [-0.39, 0.29) is 11.5 Å². The molecule has 136 valence electrons. The fourth-order valence-electron chi connectivity index (χ4n) is 2.85. The smallest absolute Gasteiger partial charge is 0.311 e. The highest BCUT2D eigenvalue weighted by Gasteiger charge is 2.13. The number of hydrogen-bond donors (Lipinski definition) is 1. The Bertz CT molecular complexity index is 1190. The van der Waals surface area contributed by atoms with Crippen LogP contribution in [0, 0.1) is 10.1 Å². The molecule has 0 unspecified atom stereocenters. The van der Waals surface area contributed by atoms with Gasteiger partial charge in [0.1, 0.15) is 0 Å². The molecule has 0 radical (unpaired) electrons. The number of aromatic nitrogens is 2. The predicted octanol–water partition coefficient (Wildman–Crippen LogP) is 5.45. The van der Waals surface area contributed by atoms with Crippen LogP contribution in [0.3, 0.4) is 0 Å². The molecular weight excluding hydrogens is 352 g/mol. The SMILES string of the molecule is O=[N+]([O-])c1cccnc1Nc1cccc(/C=C/c2ccc3ccccc3n2)c1. The van der Waals surface area contributed by atoms with E-state index in [1.807, 2.05) is 72.8 Å². The van der Waals surface area contributed by atoms with Crippen LogP contribution in [0.15, 0.2) is 79.0 Å². The molecule has 2 aromatic heterocycles. The number of fused-ring (bicyclic) bond motifs is 1. The van der Waals surface area contributed by atoms with Crippen LogP contribution in [-0.4, -0.2) is 14.9 Å². The summed E-state index contributed by atoms with van der Waals surface area (Å²) in [5.74, 6) is 0.213. The van der Waals surface area contributed by atoms with Crippen LogP contribution in [0.1, 0.15) is 11.3 Å². The topological polar surface area (TPSA) is 81.0 Å². The van der Waals surface area contributed by atoms with Gasteiger partial charge in [0.2, 0.25) is 5.82 Å². The third kappa shape index (κ3) is 3.86. The highest BCUT2D eigenvalue weighted by molar-refractivity contribution is 5.81. The maximum atomic E-state index is 11.1. The number of nitrogens with one attached hydrogen (secondary N) is 1. The van der Waals surface area contributed by atoms with E-state index in [9.17, 15) is 10.1 Å². The molecule has 0 bridgehead atoms. The van der Waals surface area contributed by atoms with E-state index in [1.54, 1.807) is 6.07 Å². The van der Waals surface area contributed by atoms with E-state index < -0.39 is 4.92 Å². The Labute approximate surface area is 161 Å². The molecule has 0 atom stereocenters. The van der Waals surface area contributed by atoms with Crippen LogP contribution in [0.2, 0.25) is 0 Å². The number of hydrogen-bond acceptors (Lipinski definition) is 5. The van der Waals surface area contributed by atoms with Crippen LogP contribution in [0.4, 0.5) is 17.2 Å². The first-order chi connectivity index (χ1) is 13.7. The lowest BCUT2D eigenvalue weighted by Crippen LogP contribution is -1.99. The number of anilines is 2. The normalized spacial score (nSPS) is 11.0. The minimum atomic E-state index is -0.454. The second-order valence-electron chi connectivity index (χ2n) is 6.14. The standard InChI is InChI=1S/C22H16N4O2/c27-26(28)21-9-4-14-23-22(21)25-19-7-3-5-16(15-19)10-12-18-13-11-17-6-1-2-8-20(17)24-18/h1-15H,(H,23,25)/b12-10+. The van der Waals surface area contributed by atoms with Gasteiger partial charge in [-0.2, -0.15) is 0 Å². The average molecular weight is 368 g/mol. The molecule has 4 rings (SSSR count). The van der Waals surface area contributed by atoms with Crippen molar-refractivity contribution in [3.05, 3.63) is 100 Å². The second kappa shape index (κ2) is 7.67. The van der Waals surface area contributed by atoms with Gasteiger partial charge < -0.3 is 5.32 Å². The third-order valence-electron chi connectivity index (χ3n) is 4.20. The third-order valence-corrected chi connectivity index (χ3v) is 4.20. The molecule has 2 heterocycles. The molecule has 2 aromatic carbocycles. The van der Waals surface area contributed by atoms with E-state index in [0.717, 1.165) is 27.8 Å². The largest absolute Gasteiger partial charge is 0.334 e. The van der Waals surface area contributed by atoms with Gasteiger partial charge in [-0.15, -0.1) is 0 Å². The van der Waals surface area contributed by atoms with Gasteiger partial charge >= 0.3 is 5.69 Å². The van der Waals surface area contributed by atoms with Crippen molar-refractivity contribution in [2.75, 3.05) is 5.32 Å². The first-order valence-corrected chi connectivity index (χ1v) is 8.69. The number of nitrogens with zero attached hydrogens (tertiary/aromatic N) is 3. The lowest BCUT2D eigenvalue weighted by atomic mass is 10.1. The van der Waals surface area contributed by atoms with E-state index >= 15 is 0 Å². The van der Waals surface area contributed by atoms with Gasteiger partial charge in [-0.1, -0.05) is 42.5 Å². The quantitative estimate of drug-likeness (QED) is 0.374. The predicted molar refractivity (Wildman–Crippen MR) is 111 cm³/mol. The van der Waals surface area contributed by atoms with E-state index in [4.69, 9.17) is 0 Å². The van der Waals surface area contributed by atoms with Crippen molar-refractivity contribution in [3.8, 4) is 0 Å². The van der Waals surface area contributed by atoms with Gasteiger partial charge in [0.05, 0.1) is 16.1 Å². The summed E-state index contributed by atoms with van der Waals surface area (Å²) in [6, 6.07) is 22.5. The van der Waals surface area contributed by atoms with E-state index in [0.29, 0.717) is 0 Å². The second-order valence-corrected chi connectivity index (χ2v) is 6.14. The number of benzene rings is 2. The summed E-state index contributed by atoms with van der Waals surface area (Å²) in [5.41, 5.74) is 3.40. The molecule has 4 aromatic rings. The van der Waals surface area contributed by atoms with Crippen molar-refractivity contribution in [3.63, 3.8) is 0 Å². The Morgan fingerprint density at radius 2 is 1.82 bits per heavy atom. The summed E-state index contributed by atoms with van der Waals surface area (Å²) >= 11 is 0. The summed E-state index contributed by atoms with van der Waals surface area (Å²) in [6.07, 6.45) is 5.41. The number of rotatable bonds is 5. The van der Waals surface area contributed by atoms with Crippen LogP contribution in [0.5, 0.6) is 0 Å². The van der Waals surface area contributed by atoms with E-state index in [2.05, 4.69) is 15.3 Å². The molecule has 0 fully saturated rings. The summed E-state index contributed by atoms with van der Waals surface area (Å²) in [4.78, 5) is 19.4. The fraction of sp³-hybridized carbons (Fsp3) is 0. The van der Waals surface area contributed by atoms with Crippen molar-refractivity contribution in [1.29, 1.82) is 0 Å². The van der Waals surface area contributed by atoms with Gasteiger partial charge in [0.25, 0.3) is 0 Å². The molecule has 6 heteroatoms. The first kappa shape index (κ1) is 17.4. The van der Waals surface area contributed by atoms with Crippen LogP contribution >= 0.6 is 0 Å². The zero-order chi connectivity index (χ0) is 19.3. The summed E-state index contributed by atoms with van der Waals surface area (Å²) in [7, 11) is 0. The molecule has 0 spiro atoms. The average Bonchev–Trinajstić information content (AvgIpc) is 2.73. The van der Waals surface area contributed by atoms with Crippen molar-refractivity contribution in [2.24, 2.45) is 0 Å². The molecular formula is C22H16N4O2. The van der Waals surface area contributed by atoms with Gasteiger partial charge in [-0.25, -0.2) is 9.97 Å². The molecule has 6 nitrogen and oxygen atoms in total. The maximum absolute atomic E-state index is 11.1. The minimum absolute atomic E-state index is 0.0659. The molecule has 0 aliphatic heterocycles. The molecule has 1 N–H and O–H groups in total. The lowest BCUT2D eigenvalue weighted by Gasteiger charge is -2.06. The molecule has 0 aliphatic rings. The van der Waals surface area contributed by atoms with Crippen LogP contribution in [0.25, 0.3) is 23.1 Å². The monoisotopic (exact) mass is 368 g/mol. The van der Waals surface area contributed by atoms with Gasteiger partial charge in [0, 0.05) is 23.3 Å². The number of para-hydroxylation sites is 1. The van der Waals surface area contributed by atoms with Crippen molar-refractivity contribution in [2.45, 2.75) is 0 Å². The minimum Gasteiger partial charge on any atom is -0.334 e. The maximum Gasteiger partial charge on any atom is 0.311 e. The Hall–Kier alpha value is -4.06.